The Bertz CT molecular complexity index is 1420. The fraction of sp³-hybridized carbons (Fsp3) is 0. The number of aromatic hydroxyl groups is 1. The van der Waals surface area contributed by atoms with Gasteiger partial charge in [0.25, 0.3) is 16.9 Å². The van der Waals surface area contributed by atoms with E-state index in [1.165, 1.54) is 12.1 Å². The molecule has 0 saturated heterocycles. The Morgan fingerprint density at radius 3 is 2.03 bits per heavy atom. The highest BCUT2D eigenvalue weighted by Gasteiger charge is 2.22. The van der Waals surface area contributed by atoms with Gasteiger partial charge in [-0.05, 0) is 18.2 Å². The molecule has 0 fully saturated rings. The van der Waals surface area contributed by atoms with Crippen molar-refractivity contribution in [3.05, 3.63) is 105 Å². The number of non-ortho nitro benzene ring substituents is 2. The number of H-pyrrole nitrogens is 2. The van der Waals surface area contributed by atoms with E-state index in [-0.39, 0.29) is 22.6 Å². The Morgan fingerprint density at radius 2 is 1.48 bits per heavy atom. The molecule has 168 valence electrons. The van der Waals surface area contributed by atoms with Crippen molar-refractivity contribution in [1.29, 1.82) is 0 Å². The highest BCUT2D eigenvalue weighted by atomic mass is 16.6. The highest BCUT2D eigenvalue weighted by molar-refractivity contribution is 6.14. The lowest BCUT2D eigenvalue weighted by molar-refractivity contribution is -0.393. The first-order chi connectivity index (χ1) is 15.6. The van der Waals surface area contributed by atoms with Gasteiger partial charge < -0.3 is 5.11 Å². The number of nitro groups is 3. The molecule has 0 unspecified atom stereocenters. The number of hydrazone groups is 1. The van der Waals surface area contributed by atoms with Crippen LogP contribution in [0.15, 0.2) is 57.2 Å². The molecule has 33 heavy (non-hydrogen) atoms. The molecule has 4 N–H and O–H groups in total. The monoisotopic (exact) mass is 457 g/mol. The second kappa shape index (κ2) is 8.76. The van der Waals surface area contributed by atoms with Crippen molar-refractivity contribution in [3.63, 3.8) is 0 Å². The number of aromatic amines is 2. The number of nitrogens with one attached hydrogen (secondary N) is 3. The number of benzene rings is 2. The number of rotatable bonds is 7. The summed E-state index contributed by atoms with van der Waals surface area (Å²) in [7, 11) is 0. The maximum atomic E-state index is 12.3. The number of aromatic nitrogens is 2. The summed E-state index contributed by atoms with van der Waals surface area (Å²) < 4.78 is 0. The topological polar surface area (TPSA) is 240 Å². The quantitative estimate of drug-likeness (QED) is 0.225. The molecule has 0 atom stereocenters. The molecular weight excluding hydrogens is 446 g/mol. The fourth-order valence-corrected chi connectivity index (χ4v) is 2.70. The van der Waals surface area contributed by atoms with Crippen molar-refractivity contribution in [2.75, 3.05) is 5.43 Å². The minimum absolute atomic E-state index is 0.0468. The van der Waals surface area contributed by atoms with Crippen LogP contribution in [0.25, 0.3) is 0 Å². The van der Waals surface area contributed by atoms with Crippen molar-refractivity contribution in [3.8, 4) is 5.88 Å². The third kappa shape index (κ3) is 4.68. The maximum Gasteiger partial charge on any atom is 0.328 e. The number of hydrogen-bond acceptors (Lipinski definition) is 11. The zero-order valence-electron chi connectivity index (χ0n) is 16.0. The molecule has 3 aromatic rings. The van der Waals surface area contributed by atoms with Gasteiger partial charge >= 0.3 is 11.4 Å². The fourth-order valence-electron chi connectivity index (χ4n) is 2.70. The third-order valence-corrected chi connectivity index (χ3v) is 4.19. The third-order valence-electron chi connectivity index (χ3n) is 4.19. The molecule has 16 heteroatoms. The van der Waals surface area contributed by atoms with Crippen LogP contribution >= 0.6 is 0 Å². The molecule has 0 spiro atoms. The Hall–Kier alpha value is -5.41. The van der Waals surface area contributed by atoms with Crippen molar-refractivity contribution in [2.24, 2.45) is 5.10 Å². The van der Waals surface area contributed by atoms with Gasteiger partial charge in [0.15, 0.2) is 0 Å². The molecule has 0 radical (unpaired) electrons. The van der Waals surface area contributed by atoms with E-state index in [4.69, 9.17) is 0 Å². The van der Waals surface area contributed by atoms with Gasteiger partial charge in [0, 0.05) is 23.8 Å². The molecule has 2 aromatic carbocycles. The molecular formula is C17H11N7O9. The van der Waals surface area contributed by atoms with Crippen molar-refractivity contribution in [1.82, 2.24) is 9.97 Å². The summed E-state index contributed by atoms with van der Waals surface area (Å²) in [5.41, 5.74) is -2.53. The highest BCUT2D eigenvalue weighted by Crippen LogP contribution is 2.29. The van der Waals surface area contributed by atoms with Crippen LogP contribution in [0.5, 0.6) is 5.88 Å². The average molecular weight is 457 g/mol. The van der Waals surface area contributed by atoms with Gasteiger partial charge in [-0.2, -0.15) is 5.10 Å². The Balaban J connectivity index is 2.18. The summed E-state index contributed by atoms with van der Waals surface area (Å²) >= 11 is 0. The SMILES string of the molecule is O=c1[nH]c(O)c(/C(=N\Nc2ccc([N+](=O)[O-])cc2[N+](=O)[O-])c2ccc([N+](=O)[O-])cc2)c(=O)[nH]1. The Labute approximate surface area is 180 Å². The molecule has 0 bridgehead atoms. The lowest BCUT2D eigenvalue weighted by Gasteiger charge is -2.09. The second-order valence-electron chi connectivity index (χ2n) is 6.22. The molecule has 3 rings (SSSR count). The molecule has 1 aromatic heterocycles. The van der Waals surface area contributed by atoms with Crippen LogP contribution in [0, 0.1) is 30.3 Å². The largest absolute Gasteiger partial charge is 0.494 e. The van der Waals surface area contributed by atoms with Gasteiger partial charge in [-0.15, -0.1) is 0 Å². The van der Waals surface area contributed by atoms with Gasteiger partial charge in [0.05, 0.1) is 20.8 Å². The van der Waals surface area contributed by atoms with Crippen LogP contribution in [-0.2, 0) is 0 Å². The normalized spacial score (nSPS) is 11.1. The van der Waals surface area contributed by atoms with Gasteiger partial charge in [0.1, 0.15) is 17.0 Å². The van der Waals surface area contributed by atoms with E-state index in [9.17, 15) is 45.0 Å². The first kappa shape index (κ1) is 22.3. The Morgan fingerprint density at radius 1 is 0.879 bits per heavy atom. The summed E-state index contributed by atoms with van der Waals surface area (Å²) in [5, 5.41) is 47.1. The first-order valence-corrected chi connectivity index (χ1v) is 8.65. The lowest BCUT2D eigenvalue weighted by atomic mass is 10.0. The first-order valence-electron chi connectivity index (χ1n) is 8.65. The van der Waals surface area contributed by atoms with Crippen LogP contribution in [0.2, 0.25) is 0 Å². The molecule has 0 aliphatic carbocycles. The van der Waals surface area contributed by atoms with Crippen LogP contribution in [-0.4, -0.2) is 35.6 Å². The predicted molar refractivity (Wildman–Crippen MR) is 111 cm³/mol. The summed E-state index contributed by atoms with van der Waals surface area (Å²) in [6, 6.07) is 7.20. The maximum absolute atomic E-state index is 12.3. The van der Waals surface area contributed by atoms with E-state index in [2.05, 4.69) is 10.5 Å². The zero-order chi connectivity index (χ0) is 24.3. The van der Waals surface area contributed by atoms with E-state index in [1.807, 2.05) is 9.97 Å². The summed E-state index contributed by atoms with van der Waals surface area (Å²) in [6.07, 6.45) is 0. The van der Waals surface area contributed by atoms with Gasteiger partial charge in [-0.3, -0.25) is 50.5 Å². The zero-order valence-corrected chi connectivity index (χ0v) is 16.0. The van der Waals surface area contributed by atoms with Gasteiger partial charge in [-0.25, -0.2) is 4.79 Å². The molecule has 1 heterocycles. The van der Waals surface area contributed by atoms with E-state index in [1.54, 1.807) is 0 Å². The lowest BCUT2D eigenvalue weighted by Crippen LogP contribution is -2.28. The van der Waals surface area contributed by atoms with Crippen molar-refractivity contribution in [2.45, 2.75) is 0 Å². The molecule has 0 aliphatic rings. The van der Waals surface area contributed by atoms with Crippen LogP contribution < -0.4 is 16.7 Å². The van der Waals surface area contributed by atoms with Crippen molar-refractivity contribution >= 4 is 28.5 Å². The molecule has 0 aliphatic heterocycles. The van der Waals surface area contributed by atoms with E-state index in [0.29, 0.717) is 6.07 Å². The molecule has 16 nitrogen and oxygen atoms in total. The average Bonchev–Trinajstić information content (AvgIpc) is 2.75. The van der Waals surface area contributed by atoms with Crippen LogP contribution in [0.1, 0.15) is 11.1 Å². The van der Waals surface area contributed by atoms with E-state index in [0.717, 1.165) is 24.3 Å². The summed E-state index contributed by atoms with van der Waals surface area (Å²) in [6.45, 7) is 0. The van der Waals surface area contributed by atoms with Crippen LogP contribution in [0.3, 0.4) is 0 Å². The summed E-state index contributed by atoms with van der Waals surface area (Å²) in [4.78, 5) is 58.3. The molecule has 0 amide bonds. The Kier molecular flexibility index (Phi) is 5.91. The van der Waals surface area contributed by atoms with Crippen LogP contribution in [0.4, 0.5) is 22.7 Å². The van der Waals surface area contributed by atoms with Crippen molar-refractivity contribution < 1.29 is 19.9 Å². The minimum Gasteiger partial charge on any atom is -0.494 e. The number of nitro benzene ring substituents is 3. The van der Waals surface area contributed by atoms with Gasteiger partial charge in [-0.1, -0.05) is 0 Å². The summed E-state index contributed by atoms with van der Waals surface area (Å²) in [5.74, 6) is -0.888. The second-order valence-corrected chi connectivity index (χ2v) is 6.22. The number of hydrogen-bond donors (Lipinski definition) is 4. The van der Waals surface area contributed by atoms with Gasteiger partial charge in [0.2, 0.25) is 5.88 Å². The predicted octanol–water partition coefficient (Wildman–Crippen LogP) is 1.36. The smallest absolute Gasteiger partial charge is 0.328 e. The van der Waals surface area contributed by atoms with E-state index < -0.39 is 48.8 Å². The number of anilines is 1. The minimum atomic E-state index is -1.08. The molecule has 0 saturated carbocycles. The standard InChI is InChI=1S/C17H11N7O9/c25-15-13(16(26)19-17(27)18-15)14(8-1-3-9(4-2-8)22(28)29)21-20-11-6-5-10(23(30)31)7-12(11)24(32)33/h1-7,20H,(H3,18,19,25,26,27)/b21-14-. The number of nitrogens with zero attached hydrogens (tertiary/aromatic N) is 4. The van der Waals surface area contributed by atoms with E-state index >= 15 is 0 Å².